The van der Waals surface area contributed by atoms with E-state index < -0.39 is 29.9 Å². The van der Waals surface area contributed by atoms with Gasteiger partial charge in [-0.2, -0.15) is 0 Å². The van der Waals surface area contributed by atoms with Gasteiger partial charge < -0.3 is 21.1 Å². The third-order valence-electron chi connectivity index (χ3n) is 3.85. The van der Waals surface area contributed by atoms with Crippen LogP contribution in [0.4, 0.5) is 0 Å². The van der Waals surface area contributed by atoms with E-state index in [1.54, 1.807) is 32.3 Å². The van der Waals surface area contributed by atoms with Crippen LogP contribution in [-0.2, 0) is 25.6 Å². The highest BCUT2D eigenvalue weighted by Gasteiger charge is 2.29. The third-order valence-corrected chi connectivity index (χ3v) is 3.85. The van der Waals surface area contributed by atoms with Crippen LogP contribution >= 0.6 is 0 Å². The van der Waals surface area contributed by atoms with Crippen LogP contribution in [0.25, 0.3) is 0 Å². The second kappa shape index (κ2) is 10.3. The molecule has 0 aliphatic rings. The maximum Gasteiger partial charge on any atom is 0.243 e. The Morgan fingerprint density at radius 3 is 2.07 bits per heavy atom. The molecule has 0 aliphatic heterocycles. The van der Waals surface area contributed by atoms with Gasteiger partial charge in [0.25, 0.3) is 0 Å². The molecule has 8 nitrogen and oxygen atoms in total. The fourth-order valence-electron chi connectivity index (χ4n) is 2.44. The number of nitrogens with one attached hydrogen (secondary N) is 3. The van der Waals surface area contributed by atoms with Crippen molar-refractivity contribution in [1.82, 2.24) is 16.0 Å². The molecule has 27 heavy (non-hydrogen) atoms. The molecular weight excluding hydrogens is 350 g/mol. The van der Waals surface area contributed by atoms with E-state index in [-0.39, 0.29) is 24.0 Å². The molecule has 0 unspecified atom stereocenters. The summed E-state index contributed by atoms with van der Waals surface area (Å²) in [6.07, 6.45) is 1.85. The molecule has 147 valence electrons. The van der Waals surface area contributed by atoms with E-state index in [9.17, 15) is 24.3 Å². The van der Waals surface area contributed by atoms with Gasteiger partial charge in [-0.3, -0.25) is 19.2 Å². The topological polar surface area (TPSA) is 125 Å². The maximum absolute atomic E-state index is 12.7. The minimum absolute atomic E-state index is 0.0944. The summed E-state index contributed by atoms with van der Waals surface area (Å²) < 4.78 is 0. The van der Waals surface area contributed by atoms with Crippen molar-refractivity contribution in [2.24, 2.45) is 5.92 Å². The lowest BCUT2D eigenvalue weighted by Gasteiger charge is -2.25. The Hall–Kier alpha value is -2.90. The highest BCUT2D eigenvalue weighted by atomic mass is 16.3. The number of rotatable bonds is 9. The Labute approximate surface area is 158 Å². The van der Waals surface area contributed by atoms with Gasteiger partial charge in [-0.05, 0) is 30.5 Å². The van der Waals surface area contributed by atoms with Crippen LogP contribution in [0.15, 0.2) is 24.3 Å². The molecule has 1 radical (unpaired) electrons. The first-order chi connectivity index (χ1) is 12.6. The summed E-state index contributed by atoms with van der Waals surface area (Å²) in [7, 11) is 0. The van der Waals surface area contributed by atoms with Crippen molar-refractivity contribution in [1.29, 1.82) is 0 Å². The summed E-state index contributed by atoms with van der Waals surface area (Å²) in [4.78, 5) is 47.1. The Balaban J connectivity index is 2.91. The summed E-state index contributed by atoms with van der Waals surface area (Å²) in [6.45, 7) is 6.29. The van der Waals surface area contributed by atoms with Gasteiger partial charge in [0.1, 0.15) is 17.8 Å². The lowest BCUT2D eigenvalue weighted by atomic mass is 10.0. The number of hydrogen-bond acceptors (Lipinski definition) is 5. The molecule has 0 spiro atoms. The zero-order valence-electron chi connectivity index (χ0n) is 15.9. The quantitative estimate of drug-likeness (QED) is 0.490. The second-order valence-corrected chi connectivity index (χ2v) is 6.70. The SMILES string of the molecule is CC(=O)N[C@@H](Cc1ccc(O)cc1)C(=O)N[C@H](C(=O)N[C@@H](C)[C]=O)C(C)C. The molecule has 0 heterocycles. The molecule has 8 heteroatoms. The van der Waals surface area contributed by atoms with Crippen LogP contribution in [0, 0.1) is 5.92 Å². The molecule has 0 saturated carbocycles. The highest BCUT2D eigenvalue weighted by Crippen LogP contribution is 2.12. The summed E-state index contributed by atoms with van der Waals surface area (Å²) in [5.74, 6) is -1.55. The van der Waals surface area contributed by atoms with Crippen LogP contribution in [0.1, 0.15) is 33.3 Å². The molecule has 0 bridgehead atoms. The second-order valence-electron chi connectivity index (χ2n) is 6.70. The van der Waals surface area contributed by atoms with Crippen LogP contribution in [0.2, 0.25) is 0 Å². The van der Waals surface area contributed by atoms with Gasteiger partial charge in [0.05, 0.1) is 6.04 Å². The van der Waals surface area contributed by atoms with Crippen LogP contribution in [0.5, 0.6) is 5.75 Å². The highest BCUT2D eigenvalue weighted by molar-refractivity contribution is 5.92. The van der Waals surface area contributed by atoms with Crippen LogP contribution in [0.3, 0.4) is 0 Å². The first kappa shape index (κ1) is 22.1. The molecule has 0 saturated heterocycles. The summed E-state index contributed by atoms with van der Waals surface area (Å²) in [6, 6.07) is 3.70. The molecule has 1 aromatic rings. The standard InChI is InChI=1S/C19H26N3O5/c1-11(2)17(19(27)20-12(3)10-23)22-18(26)16(21-13(4)24)9-14-5-7-15(25)8-6-14/h5-8,11-12,16-17,25H,9H2,1-4H3,(H,20,27)(H,21,24)(H,22,26)/t12-,16-,17-/m0/s1. The molecule has 0 aromatic heterocycles. The monoisotopic (exact) mass is 376 g/mol. The van der Waals surface area contributed by atoms with E-state index in [4.69, 9.17) is 0 Å². The third kappa shape index (κ3) is 7.47. The fourth-order valence-corrected chi connectivity index (χ4v) is 2.44. The minimum Gasteiger partial charge on any atom is -0.508 e. The Morgan fingerprint density at radius 1 is 1.00 bits per heavy atom. The number of phenols is 1. The van der Waals surface area contributed by atoms with Gasteiger partial charge in [-0.15, -0.1) is 0 Å². The molecule has 0 fully saturated rings. The van der Waals surface area contributed by atoms with E-state index in [0.717, 1.165) is 5.56 Å². The van der Waals surface area contributed by atoms with Crippen LogP contribution < -0.4 is 16.0 Å². The van der Waals surface area contributed by atoms with Crippen molar-refractivity contribution in [2.45, 2.75) is 52.2 Å². The van der Waals surface area contributed by atoms with Gasteiger partial charge in [-0.1, -0.05) is 26.0 Å². The minimum atomic E-state index is -0.892. The molecule has 4 N–H and O–H groups in total. The van der Waals surface area contributed by atoms with Gasteiger partial charge in [0, 0.05) is 13.3 Å². The predicted molar refractivity (Wildman–Crippen MR) is 99.5 cm³/mol. The Bertz CT molecular complexity index is 672. The van der Waals surface area contributed by atoms with Gasteiger partial charge in [0.2, 0.25) is 24.0 Å². The zero-order valence-corrected chi connectivity index (χ0v) is 15.9. The number of aromatic hydroxyl groups is 1. The fraction of sp³-hybridized carbons (Fsp3) is 0.474. The van der Waals surface area contributed by atoms with Crippen molar-refractivity contribution < 1.29 is 24.3 Å². The lowest BCUT2D eigenvalue weighted by molar-refractivity contribution is -0.132. The van der Waals surface area contributed by atoms with E-state index in [1.165, 1.54) is 26.0 Å². The number of benzene rings is 1. The molecule has 1 aromatic carbocycles. The number of hydrogen-bond donors (Lipinski definition) is 4. The Morgan fingerprint density at radius 2 is 1.59 bits per heavy atom. The predicted octanol–water partition coefficient (Wildman–Crippen LogP) is 0.195. The average molecular weight is 376 g/mol. The van der Waals surface area contributed by atoms with Crippen molar-refractivity contribution in [3.05, 3.63) is 29.8 Å². The van der Waals surface area contributed by atoms with E-state index >= 15 is 0 Å². The molecule has 0 aliphatic carbocycles. The molecule has 3 atom stereocenters. The number of carbonyl (C=O) groups is 3. The van der Waals surface area contributed by atoms with Gasteiger partial charge in [0.15, 0.2) is 0 Å². The van der Waals surface area contributed by atoms with Crippen LogP contribution in [-0.4, -0.2) is 47.2 Å². The normalized spacial score (nSPS) is 14.0. The van der Waals surface area contributed by atoms with Crippen molar-refractivity contribution in [3.8, 4) is 5.75 Å². The van der Waals surface area contributed by atoms with E-state index in [1.807, 2.05) is 0 Å². The lowest BCUT2D eigenvalue weighted by Crippen LogP contribution is -2.56. The first-order valence-electron chi connectivity index (χ1n) is 8.67. The van der Waals surface area contributed by atoms with Crippen molar-refractivity contribution in [2.75, 3.05) is 0 Å². The van der Waals surface area contributed by atoms with E-state index in [2.05, 4.69) is 16.0 Å². The summed E-state index contributed by atoms with van der Waals surface area (Å²) in [5.41, 5.74) is 0.733. The smallest absolute Gasteiger partial charge is 0.243 e. The largest absolute Gasteiger partial charge is 0.508 e. The zero-order chi connectivity index (χ0) is 20.6. The van der Waals surface area contributed by atoms with Gasteiger partial charge >= 0.3 is 0 Å². The molecular formula is C19H26N3O5. The van der Waals surface area contributed by atoms with Crippen molar-refractivity contribution in [3.63, 3.8) is 0 Å². The number of carbonyl (C=O) groups excluding carboxylic acids is 4. The average Bonchev–Trinajstić information content (AvgIpc) is 2.59. The maximum atomic E-state index is 12.7. The Kier molecular flexibility index (Phi) is 8.44. The van der Waals surface area contributed by atoms with Crippen molar-refractivity contribution >= 4 is 24.0 Å². The van der Waals surface area contributed by atoms with E-state index in [0.29, 0.717) is 0 Å². The molecule has 3 amide bonds. The van der Waals surface area contributed by atoms with Gasteiger partial charge in [-0.25, -0.2) is 0 Å². The summed E-state index contributed by atoms with van der Waals surface area (Å²) in [5, 5.41) is 17.0. The number of phenolic OH excluding ortho intramolecular Hbond substituents is 1. The summed E-state index contributed by atoms with van der Waals surface area (Å²) >= 11 is 0. The number of amides is 3. The molecule has 1 rings (SSSR count). The first-order valence-corrected chi connectivity index (χ1v) is 8.67.